The lowest BCUT2D eigenvalue weighted by atomic mass is 10.1. The van der Waals surface area contributed by atoms with Crippen LogP contribution in [0.2, 0.25) is 0 Å². The molecule has 0 radical (unpaired) electrons. The van der Waals surface area contributed by atoms with Crippen molar-refractivity contribution in [2.45, 2.75) is 13.1 Å². The van der Waals surface area contributed by atoms with E-state index < -0.39 is 5.97 Å². The van der Waals surface area contributed by atoms with Gasteiger partial charge in [0.15, 0.2) is 5.13 Å². The summed E-state index contributed by atoms with van der Waals surface area (Å²) in [6, 6.07) is 25.3. The van der Waals surface area contributed by atoms with Gasteiger partial charge >= 0.3 is 5.97 Å². The number of nitrogens with zero attached hydrogens (tertiary/aromatic N) is 3. The summed E-state index contributed by atoms with van der Waals surface area (Å²) in [6.45, 7) is 0.929. The average molecular weight is 502 g/mol. The molecule has 1 aromatic heterocycles. The molecule has 1 amide bonds. The molecule has 0 aliphatic heterocycles. The molecule has 0 saturated carbocycles. The fraction of sp³-hybridized carbons (Fsp3) is 0.179. The van der Waals surface area contributed by atoms with Crippen molar-refractivity contribution in [1.82, 2.24) is 9.88 Å². The number of benzene rings is 3. The van der Waals surface area contributed by atoms with E-state index in [4.69, 9.17) is 14.8 Å². The van der Waals surface area contributed by atoms with Crippen molar-refractivity contribution in [1.29, 1.82) is 0 Å². The predicted octanol–water partition coefficient (Wildman–Crippen LogP) is 5.18. The average Bonchev–Trinajstić information content (AvgIpc) is 3.39. The standard InChI is InChI=1S/C28H27N3O4S/c1-30(18-26(32)33)27(34)22-13-11-21(12-14-22)17-31(16-20-7-4-3-5-8-20)28-29-25(19-36-28)23-9-6-10-24(15-23)35-2/h3-15,19H,16-18H2,1-2H3,(H,32,33). The Morgan fingerprint density at radius 2 is 1.64 bits per heavy atom. The molecule has 0 aliphatic rings. The molecule has 36 heavy (non-hydrogen) atoms. The van der Waals surface area contributed by atoms with Gasteiger partial charge in [0, 0.05) is 36.6 Å². The van der Waals surface area contributed by atoms with Crippen molar-refractivity contribution in [3.05, 3.63) is 101 Å². The number of rotatable bonds is 10. The highest BCUT2D eigenvalue weighted by molar-refractivity contribution is 7.14. The first kappa shape index (κ1) is 24.9. The van der Waals surface area contributed by atoms with E-state index in [1.807, 2.05) is 60.0 Å². The van der Waals surface area contributed by atoms with E-state index in [0.717, 1.165) is 33.3 Å². The maximum atomic E-state index is 12.5. The highest BCUT2D eigenvalue weighted by Crippen LogP contribution is 2.31. The Hall–Kier alpha value is -4.17. The third-order valence-corrected chi connectivity index (χ3v) is 6.54. The van der Waals surface area contributed by atoms with Crippen molar-refractivity contribution in [3.63, 3.8) is 0 Å². The Morgan fingerprint density at radius 3 is 2.31 bits per heavy atom. The molecule has 4 aromatic rings. The van der Waals surface area contributed by atoms with Crippen LogP contribution >= 0.6 is 11.3 Å². The van der Waals surface area contributed by atoms with Crippen molar-refractivity contribution >= 4 is 28.3 Å². The summed E-state index contributed by atoms with van der Waals surface area (Å²) in [5, 5.41) is 11.9. The smallest absolute Gasteiger partial charge is 0.323 e. The highest BCUT2D eigenvalue weighted by Gasteiger charge is 2.17. The van der Waals surface area contributed by atoms with Gasteiger partial charge in [-0.3, -0.25) is 9.59 Å². The fourth-order valence-corrected chi connectivity index (χ4v) is 4.62. The summed E-state index contributed by atoms with van der Waals surface area (Å²) in [6.07, 6.45) is 0. The van der Waals surface area contributed by atoms with Crippen molar-refractivity contribution in [2.75, 3.05) is 25.6 Å². The second-order valence-corrected chi connectivity index (χ2v) is 9.18. The zero-order valence-corrected chi connectivity index (χ0v) is 20.9. The largest absolute Gasteiger partial charge is 0.497 e. The maximum Gasteiger partial charge on any atom is 0.323 e. The molecule has 0 aliphatic carbocycles. The number of hydrogen-bond donors (Lipinski definition) is 1. The zero-order chi connectivity index (χ0) is 25.5. The van der Waals surface area contributed by atoms with E-state index in [2.05, 4.69) is 17.0 Å². The van der Waals surface area contributed by atoms with Crippen LogP contribution in [-0.4, -0.2) is 47.6 Å². The van der Waals surface area contributed by atoms with Gasteiger partial charge in [0.2, 0.25) is 0 Å². The number of likely N-dealkylation sites (N-methyl/N-ethyl adjacent to an activating group) is 1. The van der Waals surface area contributed by atoms with Crippen molar-refractivity contribution < 1.29 is 19.4 Å². The molecule has 8 heteroatoms. The molecule has 1 heterocycles. The summed E-state index contributed by atoms with van der Waals surface area (Å²) in [4.78, 5) is 31.7. The van der Waals surface area contributed by atoms with E-state index in [9.17, 15) is 9.59 Å². The Kier molecular flexibility index (Phi) is 7.97. The number of methoxy groups -OCH3 is 1. The van der Waals surface area contributed by atoms with Crippen LogP contribution in [0.4, 0.5) is 5.13 Å². The molecule has 3 aromatic carbocycles. The van der Waals surface area contributed by atoms with Gasteiger partial charge in [-0.1, -0.05) is 54.6 Å². The van der Waals surface area contributed by atoms with Crippen LogP contribution in [-0.2, 0) is 17.9 Å². The molecule has 7 nitrogen and oxygen atoms in total. The first-order valence-electron chi connectivity index (χ1n) is 11.4. The number of ether oxygens (including phenoxy) is 1. The van der Waals surface area contributed by atoms with Crippen LogP contribution < -0.4 is 9.64 Å². The second-order valence-electron chi connectivity index (χ2n) is 8.34. The number of aliphatic carboxylic acids is 1. The van der Waals surface area contributed by atoms with Crippen LogP contribution in [0.25, 0.3) is 11.3 Å². The number of aromatic nitrogens is 1. The molecule has 0 atom stereocenters. The van der Waals surface area contributed by atoms with Crippen LogP contribution in [0.5, 0.6) is 5.75 Å². The molecule has 0 spiro atoms. The number of carbonyl (C=O) groups excluding carboxylic acids is 1. The fourth-order valence-electron chi connectivity index (χ4n) is 3.79. The van der Waals surface area contributed by atoms with Crippen molar-refractivity contribution in [2.24, 2.45) is 0 Å². The van der Waals surface area contributed by atoms with Crippen LogP contribution in [0.1, 0.15) is 21.5 Å². The van der Waals surface area contributed by atoms with Gasteiger partial charge < -0.3 is 19.6 Å². The van der Waals surface area contributed by atoms with Gasteiger partial charge in [-0.15, -0.1) is 11.3 Å². The van der Waals surface area contributed by atoms with Crippen LogP contribution in [0.3, 0.4) is 0 Å². The Balaban J connectivity index is 1.56. The molecule has 0 fully saturated rings. The number of anilines is 1. The summed E-state index contributed by atoms with van der Waals surface area (Å²) in [5.41, 5.74) is 4.50. The Morgan fingerprint density at radius 1 is 0.944 bits per heavy atom. The second kappa shape index (κ2) is 11.5. The monoisotopic (exact) mass is 501 g/mol. The molecule has 1 N–H and O–H groups in total. The van der Waals surface area contributed by atoms with Gasteiger partial charge in [0.05, 0.1) is 12.8 Å². The normalized spacial score (nSPS) is 10.6. The minimum absolute atomic E-state index is 0.326. The minimum Gasteiger partial charge on any atom is -0.497 e. The number of carboxylic acids is 1. The van der Waals surface area contributed by atoms with E-state index in [-0.39, 0.29) is 12.5 Å². The molecule has 0 bridgehead atoms. The number of amides is 1. The van der Waals surface area contributed by atoms with Gasteiger partial charge in [0.25, 0.3) is 5.91 Å². The maximum absolute atomic E-state index is 12.5. The molecular formula is C28H27N3O4S. The summed E-state index contributed by atoms with van der Waals surface area (Å²) >= 11 is 1.58. The summed E-state index contributed by atoms with van der Waals surface area (Å²) < 4.78 is 5.36. The lowest BCUT2D eigenvalue weighted by molar-refractivity contribution is -0.137. The first-order chi connectivity index (χ1) is 17.4. The Labute approximate surface area is 214 Å². The summed E-state index contributed by atoms with van der Waals surface area (Å²) in [7, 11) is 3.13. The lowest BCUT2D eigenvalue weighted by Crippen LogP contribution is -2.31. The van der Waals surface area contributed by atoms with E-state index >= 15 is 0 Å². The van der Waals surface area contributed by atoms with E-state index in [0.29, 0.717) is 18.7 Å². The van der Waals surface area contributed by atoms with Gasteiger partial charge in [-0.05, 0) is 35.4 Å². The number of hydrogen-bond acceptors (Lipinski definition) is 6. The minimum atomic E-state index is -1.05. The predicted molar refractivity (Wildman–Crippen MR) is 141 cm³/mol. The van der Waals surface area contributed by atoms with Gasteiger partial charge in [-0.2, -0.15) is 0 Å². The van der Waals surface area contributed by atoms with E-state index in [1.165, 1.54) is 11.9 Å². The molecule has 4 rings (SSSR count). The number of carboxylic acid groups (broad SMARTS) is 1. The lowest BCUT2D eigenvalue weighted by Gasteiger charge is -2.22. The number of carbonyl (C=O) groups is 2. The number of thiazole rings is 1. The first-order valence-corrected chi connectivity index (χ1v) is 12.3. The summed E-state index contributed by atoms with van der Waals surface area (Å²) in [5.74, 6) is -0.587. The van der Waals surface area contributed by atoms with E-state index in [1.54, 1.807) is 30.6 Å². The molecule has 0 saturated heterocycles. The zero-order valence-electron chi connectivity index (χ0n) is 20.1. The quantitative estimate of drug-likeness (QED) is 0.322. The SMILES string of the molecule is COc1cccc(-c2csc(N(Cc3ccccc3)Cc3ccc(C(=O)N(C)CC(=O)O)cc3)n2)c1. The highest BCUT2D eigenvalue weighted by atomic mass is 32.1. The van der Waals surface area contributed by atoms with Gasteiger partial charge in [-0.25, -0.2) is 4.98 Å². The third kappa shape index (κ3) is 6.28. The van der Waals surface area contributed by atoms with Gasteiger partial charge in [0.1, 0.15) is 12.3 Å². The molecular weight excluding hydrogens is 474 g/mol. The topological polar surface area (TPSA) is 83.0 Å². The molecule has 184 valence electrons. The van der Waals surface area contributed by atoms with Crippen molar-refractivity contribution in [3.8, 4) is 17.0 Å². The molecule has 0 unspecified atom stereocenters. The Bertz CT molecular complexity index is 1320. The van der Waals surface area contributed by atoms with Crippen LogP contribution in [0.15, 0.2) is 84.2 Å². The third-order valence-electron chi connectivity index (χ3n) is 5.64. The van der Waals surface area contributed by atoms with Crippen LogP contribution in [0, 0.1) is 0 Å².